The van der Waals surface area contributed by atoms with E-state index >= 15 is 0 Å². The number of nitrogens with zero attached hydrogens (tertiary/aromatic N) is 2. The van der Waals surface area contributed by atoms with E-state index in [0.29, 0.717) is 19.4 Å². The van der Waals surface area contributed by atoms with E-state index in [1.807, 2.05) is 52.1 Å². The number of nitrogens with one attached hydrogen (secondary N) is 4. The summed E-state index contributed by atoms with van der Waals surface area (Å²) in [5.74, 6) is -0.531. The van der Waals surface area contributed by atoms with E-state index in [0.717, 1.165) is 59.3 Å². The summed E-state index contributed by atoms with van der Waals surface area (Å²) in [6.45, 7) is 8.20. The molecular weight excluding hydrogens is 521 g/mol. The molecule has 0 radical (unpaired) electrons. The molecule has 4 rings (SSSR count). The lowest BCUT2D eigenvalue weighted by Crippen LogP contribution is -2.43. The number of amides is 1. The first-order chi connectivity index (χ1) is 19.1. The van der Waals surface area contributed by atoms with E-state index in [9.17, 15) is 18.0 Å². The SMILES string of the molecule is CCC(CNC(=O)C(F)(F)F)C(C)CC1CN2Oc3ccc(NCCCNC)cc3C2=Nc2ccc(C)cc2N1. The molecule has 3 atom stereocenters. The lowest BCUT2D eigenvalue weighted by atomic mass is 9.86. The van der Waals surface area contributed by atoms with Crippen LogP contribution in [0, 0.1) is 18.8 Å². The molecule has 8 nitrogen and oxygen atoms in total. The predicted octanol–water partition coefficient (Wildman–Crippen LogP) is 5.23. The fourth-order valence-corrected chi connectivity index (χ4v) is 5.22. The number of hydrogen-bond acceptors (Lipinski definition) is 7. The highest BCUT2D eigenvalue weighted by Crippen LogP contribution is 2.37. The zero-order valence-corrected chi connectivity index (χ0v) is 23.5. The van der Waals surface area contributed by atoms with Crippen molar-refractivity contribution < 1.29 is 22.8 Å². The Bertz CT molecular complexity index is 1220. The minimum absolute atomic E-state index is 0.0269. The van der Waals surface area contributed by atoms with Gasteiger partial charge in [-0.15, -0.1) is 0 Å². The smallest absolute Gasteiger partial charge is 0.385 e. The van der Waals surface area contributed by atoms with Gasteiger partial charge in [0.2, 0.25) is 0 Å². The van der Waals surface area contributed by atoms with Crippen molar-refractivity contribution in [3.63, 3.8) is 0 Å². The Morgan fingerprint density at radius 3 is 2.75 bits per heavy atom. The fourth-order valence-electron chi connectivity index (χ4n) is 5.22. The molecule has 0 saturated carbocycles. The van der Waals surface area contributed by atoms with Crippen LogP contribution in [0.1, 0.15) is 44.2 Å². The van der Waals surface area contributed by atoms with Gasteiger partial charge in [-0.2, -0.15) is 18.2 Å². The van der Waals surface area contributed by atoms with Crippen LogP contribution in [0.5, 0.6) is 5.75 Å². The molecule has 0 aromatic heterocycles. The van der Waals surface area contributed by atoms with Gasteiger partial charge >= 0.3 is 12.1 Å². The first kappa shape index (κ1) is 29.5. The monoisotopic (exact) mass is 560 g/mol. The number of hydrogen-bond donors (Lipinski definition) is 4. The molecule has 2 aromatic carbocycles. The lowest BCUT2D eigenvalue weighted by Gasteiger charge is -2.32. The van der Waals surface area contributed by atoms with Crippen LogP contribution >= 0.6 is 0 Å². The third-order valence-corrected chi connectivity index (χ3v) is 7.49. The Balaban J connectivity index is 1.55. The van der Waals surface area contributed by atoms with Gasteiger partial charge in [-0.3, -0.25) is 4.79 Å². The molecule has 0 aliphatic carbocycles. The summed E-state index contributed by atoms with van der Waals surface area (Å²) in [6, 6.07) is 12.0. The number of fused-ring (bicyclic) bond motifs is 4. The predicted molar refractivity (Wildman–Crippen MR) is 152 cm³/mol. The molecule has 4 N–H and O–H groups in total. The Morgan fingerprint density at radius 1 is 1.23 bits per heavy atom. The summed E-state index contributed by atoms with van der Waals surface area (Å²) in [7, 11) is 1.93. The van der Waals surface area contributed by atoms with E-state index in [4.69, 9.17) is 9.83 Å². The summed E-state index contributed by atoms with van der Waals surface area (Å²) < 4.78 is 38.2. The van der Waals surface area contributed by atoms with Crippen molar-refractivity contribution in [1.29, 1.82) is 0 Å². The van der Waals surface area contributed by atoms with E-state index in [1.54, 1.807) is 5.06 Å². The van der Waals surface area contributed by atoms with Gasteiger partial charge in [0.1, 0.15) is 0 Å². The molecule has 11 heteroatoms. The minimum Gasteiger partial charge on any atom is -0.385 e. The number of hydroxylamine groups is 2. The maximum absolute atomic E-state index is 12.7. The number of amidine groups is 1. The van der Waals surface area contributed by atoms with Crippen molar-refractivity contribution in [2.75, 3.05) is 43.9 Å². The number of anilines is 2. The van der Waals surface area contributed by atoms with Crippen molar-refractivity contribution in [2.45, 2.75) is 52.3 Å². The Morgan fingerprint density at radius 2 is 2.02 bits per heavy atom. The van der Waals surface area contributed by atoms with Crippen LogP contribution in [0.2, 0.25) is 0 Å². The molecule has 218 valence electrons. The number of aliphatic imine (C=N–C) groups is 1. The number of carbonyl (C=O) groups excluding carboxylic acids is 1. The second kappa shape index (κ2) is 12.8. The van der Waals surface area contributed by atoms with Gasteiger partial charge in [-0.05, 0) is 81.1 Å². The average molecular weight is 561 g/mol. The van der Waals surface area contributed by atoms with Crippen LogP contribution in [0.3, 0.4) is 0 Å². The van der Waals surface area contributed by atoms with Crippen LogP contribution in [0.4, 0.5) is 30.2 Å². The van der Waals surface area contributed by atoms with Crippen molar-refractivity contribution in [2.24, 2.45) is 16.8 Å². The van der Waals surface area contributed by atoms with Gasteiger partial charge in [0, 0.05) is 24.8 Å². The molecule has 2 aliphatic rings. The Labute approximate surface area is 233 Å². The molecular formula is C29H39F3N6O2. The second-order valence-corrected chi connectivity index (χ2v) is 10.6. The minimum atomic E-state index is -4.88. The van der Waals surface area contributed by atoms with Gasteiger partial charge < -0.3 is 26.1 Å². The number of benzene rings is 2. The summed E-state index contributed by atoms with van der Waals surface area (Å²) in [4.78, 5) is 22.6. The maximum Gasteiger partial charge on any atom is 0.471 e. The number of alkyl halides is 3. The molecule has 2 heterocycles. The Hall–Kier alpha value is -3.47. The zero-order chi connectivity index (χ0) is 28.9. The molecule has 1 amide bonds. The standard InChI is InChI=1S/C29H39F3N6O2/c1-5-20(16-35-28(39)29(30,31)32)19(3)14-22-17-38-27(37-24-9-7-18(2)13-25(24)36-22)23-15-21(8-10-26(23)40-38)34-12-6-11-33-4/h7-10,13,15,19-20,22,33-34,36H,5-6,11-12,14,16-17H2,1-4H3,(H,35,39). The zero-order valence-electron chi connectivity index (χ0n) is 23.5. The lowest BCUT2D eigenvalue weighted by molar-refractivity contribution is -0.173. The summed E-state index contributed by atoms with van der Waals surface area (Å²) in [6.07, 6.45) is -2.59. The molecule has 3 unspecified atom stereocenters. The van der Waals surface area contributed by atoms with Crippen molar-refractivity contribution >= 4 is 28.8 Å². The quantitative estimate of drug-likeness (QED) is 0.282. The summed E-state index contributed by atoms with van der Waals surface area (Å²) in [5, 5.41) is 14.1. The summed E-state index contributed by atoms with van der Waals surface area (Å²) >= 11 is 0. The van der Waals surface area contributed by atoms with Gasteiger partial charge in [-0.25, -0.2) is 4.99 Å². The highest BCUT2D eigenvalue weighted by Gasteiger charge is 2.39. The third kappa shape index (κ3) is 7.18. The fraction of sp³-hybridized carbons (Fsp3) is 0.517. The van der Waals surface area contributed by atoms with Crippen LogP contribution < -0.4 is 26.1 Å². The number of carbonyl (C=O) groups is 1. The van der Waals surface area contributed by atoms with Gasteiger partial charge in [0.25, 0.3) is 0 Å². The molecule has 0 bridgehead atoms. The second-order valence-electron chi connectivity index (χ2n) is 10.6. The molecule has 0 saturated heterocycles. The topological polar surface area (TPSA) is 90.0 Å². The highest BCUT2D eigenvalue weighted by atomic mass is 19.4. The van der Waals surface area contributed by atoms with Crippen molar-refractivity contribution in [3.8, 4) is 5.75 Å². The van der Waals surface area contributed by atoms with Crippen molar-refractivity contribution in [3.05, 3.63) is 47.5 Å². The van der Waals surface area contributed by atoms with E-state index < -0.39 is 12.1 Å². The first-order valence-electron chi connectivity index (χ1n) is 13.9. The van der Waals surface area contributed by atoms with Crippen LogP contribution in [-0.2, 0) is 4.79 Å². The largest absolute Gasteiger partial charge is 0.471 e. The average Bonchev–Trinajstić information content (AvgIpc) is 3.22. The van der Waals surface area contributed by atoms with E-state index in [-0.39, 0.29) is 24.4 Å². The number of rotatable bonds is 11. The van der Waals surface area contributed by atoms with E-state index in [1.165, 1.54) is 0 Å². The third-order valence-electron chi connectivity index (χ3n) is 7.49. The highest BCUT2D eigenvalue weighted by molar-refractivity contribution is 6.05. The maximum atomic E-state index is 12.7. The summed E-state index contributed by atoms with van der Waals surface area (Å²) in [5.41, 5.74) is 4.67. The normalized spacial score (nSPS) is 17.6. The van der Waals surface area contributed by atoms with Gasteiger partial charge in [0.15, 0.2) is 11.6 Å². The first-order valence-corrected chi connectivity index (χ1v) is 13.9. The van der Waals surface area contributed by atoms with Crippen LogP contribution in [0.15, 0.2) is 41.4 Å². The van der Waals surface area contributed by atoms with Crippen LogP contribution in [0.25, 0.3) is 0 Å². The molecule has 40 heavy (non-hydrogen) atoms. The van der Waals surface area contributed by atoms with Crippen molar-refractivity contribution in [1.82, 2.24) is 15.7 Å². The van der Waals surface area contributed by atoms with Gasteiger partial charge in [0.05, 0.1) is 23.5 Å². The molecule has 0 fully saturated rings. The molecule has 0 spiro atoms. The number of aryl methyl sites for hydroxylation is 1. The number of halogens is 3. The van der Waals surface area contributed by atoms with Crippen LogP contribution in [-0.4, -0.2) is 62.3 Å². The van der Waals surface area contributed by atoms with E-state index in [2.05, 4.69) is 33.4 Å². The Kier molecular flexibility index (Phi) is 9.44. The molecule has 2 aromatic rings. The van der Waals surface area contributed by atoms with Gasteiger partial charge in [-0.1, -0.05) is 26.3 Å². The molecule has 2 aliphatic heterocycles.